The van der Waals surface area contributed by atoms with Gasteiger partial charge in [-0.25, -0.2) is 0 Å². The molecular formula is C15H22ClNO. The van der Waals surface area contributed by atoms with Crippen molar-refractivity contribution in [2.75, 3.05) is 13.2 Å². The molecule has 0 aromatic heterocycles. The van der Waals surface area contributed by atoms with Crippen LogP contribution in [0.2, 0.25) is 5.02 Å². The molecule has 100 valence electrons. The van der Waals surface area contributed by atoms with Crippen molar-refractivity contribution in [3.63, 3.8) is 0 Å². The summed E-state index contributed by atoms with van der Waals surface area (Å²) in [4.78, 5) is 0. The number of halogens is 1. The van der Waals surface area contributed by atoms with E-state index < -0.39 is 0 Å². The topological polar surface area (TPSA) is 35.2 Å². The van der Waals surface area contributed by atoms with Gasteiger partial charge >= 0.3 is 0 Å². The molecule has 0 amide bonds. The van der Waals surface area contributed by atoms with Crippen LogP contribution in [0.25, 0.3) is 0 Å². The van der Waals surface area contributed by atoms with Crippen molar-refractivity contribution < 1.29 is 4.74 Å². The maximum Gasteiger partial charge on any atom is 0.0576 e. The van der Waals surface area contributed by atoms with E-state index in [1.54, 1.807) is 0 Å². The summed E-state index contributed by atoms with van der Waals surface area (Å²) in [5.41, 5.74) is 7.08. The van der Waals surface area contributed by atoms with E-state index in [1.807, 2.05) is 18.2 Å². The SMILES string of the molecule is NCC(CCC1CCCO1)Cc1ccccc1Cl. The number of hydrogen-bond donors (Lipinski definition) is 1. The van der Waals surface area contributed by atoms with E-state index in [4.69, 9.17) is 22.1 Å². The van der Waals surface area contributed by atoms with Gasteiger partial charge in [0, 0.05) is 11.6 Å². The first-order valence-corrected chi connectivity index (χ1v) is 7.22. The van der Waals surface area contributed by atoms with Crippen LogP contribution in [0, 0.1) is 5.92 Å². The van der Waals surface area contributed by atoms with Crippen molar-refractivity contribution in [3.05, 3.63) is 34.9 Å². The molecule has 2 rings (SSSR count). The molecule has 1 fully saturated rings. The summed E-state index contributed by atoms with van der Waals surface area (Å²) in [7, 11) is 0. The fraction of sp³-hybridized carbons (Fsp3) is 0.600. The highest BCUT2D eigenvalue weighted by Crippen LogP contribution is 2.24. The highest BCUT2D eigenvalue weighted by Gasteiger charge is 2.18. The van der Waals surface area contributed by atoms with Crippen LogP contribution in [0.15, 0.2) is 24.3 Å². The summed E-state index contributed by atoms with van der Waals surface area (Å²) in [5, 5.41) is 0.855. The van der Waals surface area contributed by atoms with Crippen LogP contribution in [-0.4, -0.2) is 19.3 Å². The highest BCUT2D eigenvalue weighted by atomic mass is 35.5. The van der Waals surface area contributed by atoms with Crippen LogP contribution in [0.4, 0.5) is 0 Å². The maximum atomic E-state index is 6.19. The summed E-state index contributed by atoms with van der Waals surface area (Å²) in [6.07, 6.45) is 6.12. The molecule has 3 heteroatoms. The normalized spacial score (nSPS) is 21.1. The number of benzene rings is 1. The summed E-state index contributed by atoms with van der Waals surface area (Å²) in [6.45, 7) is 1.65. The Morgan fingerprint density at radius 1 is 1.39 bits per heavy atom. The molecule has 2 unspecified atom stereocenters. The second kappa shape index (κ2) is 7.13. The van der Waals surface area contributed by atoms with Crippen LogP contribution in [0.5, 0.6) is 0 Å². The molecule has 1 heterocycles. The van der Waals surface area contributed by atoms with Crippen LogP contribution in [0.3, 0.4) is 0 Å². The van der Waals surface area contributed by atoms with Crippen LogP contribution < -0.4 is 5.73 Å². The Balaban J connectivity index is 1.83. The lowest BCUT2D eigenvalue weighted by Crippen LogP contribution is -2.19. The molecule has 1 aliphatic rings. The quantitative estimate of drug-likeness (QED) is 0.857. The molecule has 0 spiro atoms. The van der Waals surface area contributed by atoms with Crippen molar-refractivity contribution in [3.8, 4) is 0 Å². The van der Waals surface area contributed by atoms with Gasteiger partial charge in [0.05, 0.1) is 6.10 Å². The average molecular weight is 268 g/mol. The van der Waals surface area contributed by atoms with Gasteiger partial charge in [0.1, 0.15) is 0 Å². The summed E-state index contributed by atoms with van der Waals surface area (Å²) in [6, 6.07) is 8.05. The van der Waals surface area contributed by atoms with E-state index in [2.05, 4.69) is 6.07 Å². The predicted octanol–water partition coefficient (Wildman–Crippen LogP) is 3.42. The Kier molecular flexibility index (Phi) is 5.48. The van der Waals surface area contributed by atoms with Gasteiger partial charge in [0.15, 0.2) is 0 Å². The van der Waals surface area contributed by atoms with Crippen molar-refractivity contribution >= 4 is 11.6 Å². The van der Waals surface area contributed by atoms with Crippen molar-refractivity contribution in [1.29, 1.82) is 0 Å². The molecule has 1 aromatic carbocycles. The first kappa shape index (κ1) is 13.9. The Bertz CT molecular complexity index is 363. The van der Waals surface area contributed by atoms with Crippen molar-refractivity contribution in [1.82, 2.24) is 0 Å². The van der Waals surface area contributed by atoms with Gasteiger partial charge in [-0.15, -0.1) is 0 Å². The third-order valence-corrected chi connectivity index (χ3v) is 4.09. The molecule has 1 saturated heterocycles. The van der Waals surface area contributed by atoms with Gasteiger partial charge in [0.2, 0.25) is 0 Å². The Hall–Kier alpha value is -0.570. The van der Waals surface area contributed by atoms with Crippen LogP contribution in [0.1, 0.15) is 31.2 Å². The molecule has 0 saturated carbocycles. The number of hydrogen-bond acceptors (Lipinski definition) is 2. The minimum absolute atomic E-state index is 0.463. The molecule has 0 aliphatic carbocycles. The summed E-state index contributed by atoms with van der Waals surface area (Å²) >= 11 is 6.19. The van der Waals surface area contributed by atoms with E-state index in [9.17, 15) is 0 Å². The maximum absolute atomic E-state index is 6.19. The Labute approximate surface area is 114 Å². The third kappa shape index (κ3) is 3.98. The van der Waals surface area contributed by atoms with Crippen LogP contribution in [-0.2, 0) is 11.2 Å². The van der Waals surface area contributed by atoms with E-state index in [1.165, 1.54) is 18.4 Å². The van der Waals surface area contributed by atoms with E-state index in [0.29, 0.717) is 12.0 Å². The molecule has 0 bridgehead atoms. The van der Waals surface area contributed by atoms with E-state index in [-0.39, 0.29) is 0 Å². The fourth-order valence-corrected chi connectivity index (χ4v) is 2.78. The minimum atomic E-state index is 0.463. The lowest BCUT2D eigenvalue weighted by atomic mass is 9.93. The van der Waals surface area contributed by atoms with Gasteiger partial charge < -0.3 is 10.5 Å². The zero-order valence-electron chi connectivity index (χ0n) is 10.8. The van der Waals surface area contributed by atoms with Crippen molar-refractivity contribution in [2.24, 2.45) is 11.7 Å². The van der Waals surface area contributed by atoms with E-state index >= 15 is 0 Å². The molecule has 0 radical (unpaired) electrons. The molecule has 2 nitrogen and oxygen atoms in total. The number of rotatable bonds is 6. The smallest absolute Gasteiger partial charge is 0.0576 e. The molecule has 2 N–H and O–H groups in total. The summed E-state index contributed by atoms with van der Waals surface area (Å²) in [5.74, 6) is 0.508. The molecular weight excluding hydrogens is 246 g/mol. The van der Waals surface area contributed by atoms with Gasteiger partial charge in [-0.2, -0.15) is 0 Å². The monoisotopic (exact) mass is 267 g/mol. The lowest BCUT2D eigenvalue weighted by Gasteiger charge is -2.17. The van der Waals surface area contributed by atoms with Gasteiger partial charge in [-0.1, -0.05) is 29.8 Å². The van der Waals surface area contributed by atoms with Crippen LogP contribution >= 0.6 is 11.6 Å². The number of nitrogens with two attached hydrogens (primary N) is 1. The highest BCUT2D eigenvalue weighted by molar-refractivity contribution is 6.31. The van der Waals surface area contributed by atoms with E-state index in [0.717, 1.165) is 37.4 Å². The standard InChI is InChI=1S/C15H22ClNO/c16-15-6-2-1-4-13(15)10-12(11-17)7-8-14-5-3-9-18-14/h1-2,4,6,12,14H,3,5,7-11,17H2. The van der Waals surface area contributed by atoms with Crippen molar-refractivity contribution in [2.45, 2.75) is 38.2 Å². The predicted molar refractivity (Wildman–Crippen MR) is 75.9 cm³/mol. The fourth-order valence-electron chi connectivity index (χ4n) is 2.57. The van der Waals surface area contributed by atoms with Gasteiger partial charge in [0.25, 0.3) is 0 Å². The Morgan fingerprint density at radius 3 is 2.89 bits per heavy atom. The lowest BCUT2D eigenvalue weighted by molar-refractivity contribution is 0.0983. The number of ether oxygens (including phenoxy) is 1. The molecule has 18 heavy (non-hydrogen) atoms. The molecule has 1 aliphatic heterocycles. The van der Waals surface area contributed by atoms with Gasteiger partial charge in [-0.3, -0.25) is 0 Å². The Morgan fingerprint density at radius 2 is 2.22 bits per heavy atom. The second-order valence-electron chi connectivity index (χ2n) is 5.11. The second-order valence-corrected chi connectivity index (χ2v) is 5.52. The third-order valence-electron chi connectivity index (χ3n) is 3.72. The molecule has 1 aromatic rings. The zero-order valence-corrected chi connectivity index (χ0v) is 11.5. The zero-order chi connectivity index (χ0) is 12.8. The minimum Gasteiger partial charge on any atom is -0.378 e. The first-order chi connectivity index (χ1) is 8.79. The summed E-state index contributed by atoms with van der Waals surface area (Å²) < 4.78 is 5.65. The largest absolute Gasteiger partial charge is 0.378 e. The van der Waals surface area contributed by atoms with Gasteiger partial charge in [-0.05, 0) is 56.2 Å². The first-order valence-electron chi connectivity index (χ1n) is 6.84. The average Bonchev–Trinajstić information content (AvgIpc) is 2.90. The molecule has 2 atom stereocenters.